The zero-order chi connectivity index (χ0) is 9.61. The molecule has 0 radical (unpaired) electrons. The second kappa shape index (κ2) is 5.20. The van der Waals surface area contributed by atoms with Crippen LogP contribution in [0.5, 0.6) is 0 Å². The molecule has 0 saturated heterocycles. The number of allylic oxidation sites excluding steroid dienone is 1. The van der Waals surface area contributed by atoms with Gasteiger partial charge in [-0.25, -0.2) is 0 Å². The van der Waals surface area contributed by atoms with Crippen LogP contribution in [0.4, 0.5) is 0 Å². The van der Waals surface area contributed by atoms with Crippen LogP contribution in [0.3, 0.4) is 0 Å². The van der Waals surface area contributed by atoms with Gasteiger partial charge in [0.25, 0.3) is 0 Å². The topological polar surface area (TPSA) is 35.2 Å². The molecule has 0 rings (SSSR count). The van der Waals surface area contributed by atoms with Gasteiger partial charge >= 0.3 is 0 Å². The maximum absolute atomic E-state index is 5.70. The van der Waals surface area contributed by atoms with Crippen molar-refractivity contribution >= 4 is 0 Å². The van der Waals surface area contributed by atoms with Gasteiger partial charge in [-0.15, -0.1) is 0 Å². The third-order valence-corrected chi connectivity index (χ3v) is 1.26. The molecule has 0 spiro atoms. The van der Waals surface area contributed by atoms with Crippen LogP contribution >= 0.6 is 0 Å². The molecule has 0 aliphatic carbocycles. The Bertz CT molecular complexity index is 144. The molecule has 0 aromatic carbocycles. The van der Waals surface area contributed by atoms with E-state index in [4.69, 9.17) is 10.5 Å². The maximum atomic E-state index is 5.70. The van der Waals surface area contributed by atoms with Gasteiger partial charge in [0.2, 0.25) is 0 Å². The van der Waals surface area contributed by atoms with Gasteiger partial charge in [-0.3, -0.25) is 0 Å². The van der Waals surface area contributed by atoms with Gasteiger partial charge in [-0.2, -0.15) is 0 Å². The van der Waals surface area contributed by atoms with Gasteiger partial charge in [0.1, 0.15) is 5.60 Å². The summed E-state index contributed by atoms with van der Waals surface area (Å²) in [4.78, 5) is 0. The average Bonchev–Trinajstić information content (AvgIpc) is 1.84. The van der Waals surface area contributed by atoms with Crippen LogP contribution < -0.4 is 5.73 Å². The minimum absolute atomic E-state index is 0.101. The first-order valence-corrected chi connectivity index (χ1v) is 4.57. The predicted molar refractivity (Wildman–Crippen MR) is 52.9 cm³/mol. The van der Waals surface area contributed by atoms with E-state index in [0.717, 1.165) is 18.6 Å². The minimum atomic E-state index is -0.101. The van der Waals surface area contributed by atoms with Crippen molar-refractivity contribution in [1.29, 1.82) is 0 Å². The summed E-state index contributed by atoms with van der Waals surface area (Å²) in [5.74, 6) is 1.02. The molecule has 0 atom stereocenters. The molecular weight excluding hydrogens is 150 g/mol. The Labute approximate surface area is 75.8 Å². The lowest BCUT2D eigenvalue weighted by molar-refractivity contribution is 0.0469. The zero-order valence-electron chi connectivity index (χ0n) is 8.68. The van der Waals surface area contributed by atoms with E-state index < -0.39 is 0 Å². The van der Waals surface area contributed by atoms with Gasteiger partial charge in [0, 0.05) is 6.42 Å². The zero-order valence-corrected chi connectivity index (χ0v) is 8.68. The Morgan fingerprint density at radius 3 is 2.33 bits per heavy atom. The van der Waals surface area contributed by atoms with E-state index in [0.29, 0.717) is 6.54 Å². The molecule has 0 aliphatic rings. The number of ether oxygens (including phenoxy) is 1. The highest BCUT2D eigenvalue weighted by Crippen LogP contribution is 2.15. The third-order valence-electron chi connectivity index (χ3n) is 1.26. The number of nitrogens with two attached hydrogens (primary N) is 1. The Kier molecular flexibility index (Phi) is 4.98. The second-order valence-electron chi connectivity index (χ2n) is 3.83. The second-order valence-corrected chi connectivity index (χ2v) is 3.83. The summed E-state index contributed by atoms with van der Waals surface area (Å²) in [5, 5.41) is 0. The van der Waals surface area contributed by atoms with E-state index in [9.17, 15) is 0 Å². The first kappa shape index (κ1) is 11.5. The number of hydrogen-bond donors (Lipinski definition) is 1. The first-order valence-electron chi connectivity index (χ1n) is 4.57. The molecule has 72 valence electrons. The van der Waals surface area contributed by atoms with Crippen LogP contribution in [0.2, 0.25) is 0 Å². The third kappa shape index (κ3) is 6.23. The highest BCUT2D eigenvalue weighted by molar-refractivity contribution is 4.94. The maximum Gasteiger partial charge on any atom is 0.100 e. The normalized spacial score (nSPS) is 13.2. The molecule has 0 aromatic heterocycles. The summed E-state index contributed by atoms with van der Waals surface area (Å²) >= 11 is 0. The molecule has 0 fully saturated rings. The molecule has 0 aromatic rings. The lowest BCUT2D eigenvalue weighted by Gasteiger charge is -2.23. The molecule has 12 heavy (non-hydrogen) atoms. The van der Waals surface area contributed by atoms with Crippen LogP contribution in [0.1, 0.15) is 40.5 Å². The molecule has 2 nitrogen and oxygen atoms in total. The van der Waals surface area contributed by atoms with Crippen molar-refractivity contribution in [1.82, 2.24) is 0 Å². The van der Waals surface area contributed by atoms with Crippen LogP contribution in [0.15, 0.2) is 11.8 Å². The molecule has 0 saturated carbocycles. The summed E-state index contributed by atoms with van der Waals surface area (Å²) in [7, 11) is 0. The van der Waals surface area contributed by atoms with Gasteiger partial charge in [-0.05, 0) is 39.8 Å². The number of hydrogen-bond acceptors (Lipinski definition) is 2. The standard InChI is InChI=1S/C10H21NO/c1-5-6-9(7-8-11)12-10(2,3)4/h6H,5,7-8,11H2,1-4H3/b9-6+. The predicted octanol–water partition coefficient (Wildman–Crippen LogP) is 2.44. The largest absolute Gasteiger partial charge is 0.493 e. The van der Waals surface area contributed by atoms with Gasteiger partial charge in [0.05, 0.1) is 5.76 Å². The highest BCUT2D eigenvalue weighted by atomic mass is 16.5. The number of rotatable bonds is 4. The van der Waals surface area contributed by atoms with Crippen molar-refractivity contribution in [2.75, 3.05) is 6.54 Å². The van der Waals surface area contributed by atoms with Crippen molar-refractivity contribution in [3.8, 4) is 0 Å². The van der Waals surface area contributed by atoms with E-state index >= 15 is 0 Å². The smallest absolute Gasteiger partial charge is 0.100 e. The average molecular weight is 171 g/mol. The highest BCUT2D eigenvalue weighted by Gasteiger charge is 2.12. The summed E-state index contributed by atoms with van der Waals surface area (Å²) in [5.41, 5.74) is 5.36. The van der Waals surface area contributed by atoms with E-state index in [-0.39, 0.29) is 5.60 Å². The van der Waals surface area contributed by atoms with E-state index in [1.54, 1.807) is 0 Å². The van der Waals surface area contributed by atoms with Crippen LogP contribution in [0, 0.1) is 0 Å². The summed E-state index contributed by atoms with van der Waals surface area (Å²) in [6.07, 6.45) is 3.94. The van der Waals surface area contributed by atoms with E-state index in [2.05, 4.69) is 13.0 Å². The molecule has 0 heterocycles. The Hall–Kier alpha value is -0.500. The van der Waals surface area contributed by atoms with Crippen LogP contribution in [0.25, 0.3) is 0 Å². The van der Waals surface area contributed by atoms with E-state index in [1.165, 1.54) is 0 Å². The van der Waals surface area contributed by atoms with Crippen molar-refractivity contribution in [2.24, 2.45) is 5.73 Å². The molecule has 2 N–H and O–H groups in total. The lowest BCUT2D eigenvalue weighted by atomic mass is 10.2. The molecule has 2 heteroatoms. The van der Waals surface area contributed by atoms with Gasteiger partial charge in [-0.1, -0.05) is 6.92 Å². The summed E-state index contributed by atoms with van der Waals surface area (Å²) in [6.45, 7) is 8.90. The van der Waals surface area contributed by atoms with Gasteiger partial charge < -0.3 is 10.5 Å². The minimum Gasteiger partial charge on any atom is -0.493 e. The molecule has 0 bridgehead atoms. The first-order chi connectivity index (χ1) is 5.49. The van der Waals surface area contributed by atoms with Crippen molar-refractivity contribution in [3.05, 3.63) is 11.8 Å². The molecular formula is C10H21NO. The fourth-order valence-corrected chi connectivity index (χ4v) is 0.958. The Morgan fingerprint density at radius 2 is 2.00 bits per heavy atom. The summed E-state index contributed by atoms with van der Waals surface area (Å²) < 4.78 is 5.70. The van der Waals surface area contributed by atoms with Gasteiger partial charge in [0.15, 0.2) is 0 Å². The Morgan fingerprint density at radius 1 is 1.42 bits per heavy atom. The van der Waals surface area contributed by atoms with Crippen LogP contribution in [-0.2, 0) is 4.74 Å². The lowest BCUT2D eigenvalue weighted by Crippen LogP contribution is -2.19. The van der Waals surface area contributed by atoms with Crippen molar-refractivity contribution < 1.29 is 4.74 Å². The van der Waals surface area contributed by atoms with E-state index in [1.807, 2.05) is 20.8 Å². The molecule has 0 aliphatic heterocycles. The van der Waals surface area contributed by atoms with Crippen molar-refractivity contribution in [3.63, 3.8) is 0 Å². The van der Waals surface area contributed by atoms with Crippen molar-refractivity contribution in [2.45, 2.75) is 46.1 Å². The Balaban J connectivity index is 4.05. The fraction of sp³-hybridized carbons (Fsp3) is 0.800. The molecule has 0 amide bonds. The monoisotopic (exact) mass is 171 g/mol. The quantitative estimate of drug-likeness (QED) is 0.659. The SMILES string of the molecule is CC/C=C(\CCN)OC(C)(C)C. The van der Waals surface area contributed by atoms with Crippen LogP contribution in [-0.4, -0.2) is 12.1 Å². The summed E-state index contributed by atoms with van der Waals surface area (Å²) in [6, 6.07) is 0. The fourth-order valence-electron chi connectivity index (χ4n) is 0.958. The molecule has 0 unspecified atom stereocenters.